The van der Waals surface area contributed by atoms with E-state index in [2.05, 4.69) is 5.32 Å². The fraction of sp³-hybridized carbons (Fsp3) is 0.200. The van der Waals surface area contributed by atoms with Gasteiger partial charge in [-0.05, 0) is 42.8 Å². The Kier molecular flexibility index (Phi) is 9.00. The quantitative estimate of drug-likeness (QED) is 0.252. The molecule has 0 aromatic heterocycles. The summed E-state index contributed by atoms with van der Waals surface area (Å²) < 4.78 is 26.1. The Balaban J connectivity index is 0.00000408. The van der Waals surface area contributed by atoms with Crippen LogP contribution >= 0.6 is 12.4 Å². The van der Waals surface area contributed by atoms with E-state index in [9.17, 15) is 4.79 Å². The molecule has 0 saturated heterocycles. The lowest BCUT2D eigenvalue weighted by atomic mass is 9.84. The number of nitrogens with two attached hydrogens (primary N) is 2. The minimum absolute atomic E-state index is 0. The maximum atomic E-state index is 15.1. The summed E-state index contributed by atoms with van der Waals surface area (Å²) in [5, 5.41) is 11.1. The molecular weight excluding hydrogens is 459 g/mol. The molecule has 0 aliphatic rings. The highest BCUT2D eigenvalue weighted by atomic mass is 35.5. The number of nitrogens with one attached hydrogen (secondary N) is 2. The lowest BCUT2D eigenvalue weighted by molar-refractivity contribution is -0.145. The van der Waals surface area contributed by atoms with Crippen molar-refractivity contribution in [2.24, 2.45) is 11.5 Å². The van der Waals surface area contributed by atoms with Gasteiger partial charge in [0.15, 0.2) is 5.60 Å². The molecule has 6 N–H and O–H groups in total. The Labute approximate surface area is 204 Å². The molecule has 0 radical (unpaired) electrons. The van der Waals surface area contributed by atoms with E-state index in [1.807, 2.05) is 30.3 Å². The van der Waals surface area contributed by atoms with E-state index in [-0.39, 0.29) is 36.8 Å². The van der Waals surface area contributed by atoms with Crippen LogP contribution in [-0.2, 0) is 21.6 Å². The summed E-state index contributed by atoms with van der Waals surface area (Å²) >= 11 is 0. The van der Waals surface area contributed by atoms with Crippen molar-refractivity contribution >= 4 is 35.5 Å². The third-order valence-electron chi connectivity index (χ3n) is 5.31. The zero-order valence-corrected chi connectivity index (χ0v) is 19.7. The minimum Gasteiger partial charge on any atom is -0.497 e. The monoisotopic (exact) mass is 486 g/mol. The first-order valence-corrected chi connectivity index (χ1v) is 10.4. The smallest absolute Gasteiger partial charge is 0.254 e. The van der Waals surface area contributed by atoms with Crippen molar-refractivity contribution in [3.8, 4) is 5.75 Å². The molecule has 7 nitrogen and oxygen atoms in total. The van der Waals surface area contributed by atoms with Gasteiger partial charge in [0.05, 0.1) is 7.11 Å². The van der Waals surface area contributed by atoms with E-state index in [0.29, 0.717) is 22.6 Å². The number of amidine groups is 1. The fourth-order valence-electron chi connectivity index (χ4n) is 3.67. The minimum atomic E-state index is -1.77. The third kappa shape index (κ3) is 5.65. The summed E-state index contributed by atoms with van der Waals surface area (Å²) in [6.07, 6.45) is -0.0488. The number of halogens is 2. The highest BCUT2D eigenvalue weighted by molar-refractivity contribution is 5.96. The van der Waals surface area contributed by atoms with E-state index < -0.39 is 17.3 Å². The first-order chi connectivity index (χ1) is 15.8. The molecule has 0 saturated carbocycles. The van der Waals surface area contributed by atoms with Gasteiger partial charge in [-0.1, -0.05) is 30.3 Å². The van der Waals surface area contributed by atoms with E-state index in [1.165, 1.54) is 19.2 Å². The van der Waals surface area contributed by atoms with Crippen molar-refractivity contribution in [3.05, 3.63) is 89.2 Å². The number of carbonyl (C=O) groups is 1. The maximum Gasteiger partial charge on any atom is 0.254 e. The van der Waals surface area contributed by atoms with Crippen molar-refractivity contribution in [2.75, 3.05) is 19.0 Å². The summed E-state index contributed by atoms with van der Waals surface area (Å²) in [7, 11) is 1.43. The molecule has 34 heavy (non-hydrogen) atoms. The zero-order chi connectivity index (χ0) is 24.0. The topological polar surface area (TPSA) is 123 Å². The lowest BCUT2D eigenvalue weighted by Crippen LogP contribution is -2.46. The molecule has 180 valence electrons. The van der Waals surface area contributed by atoms with Crippen LogP contribution in [0.1, 0.15) is 23.6 Å². The first kappa shape index (κ1) is 26.6. The van der Waals surface area contributed by atoms with Crippen molar-refractivity contribution in [2.45, 2.75) is 18.9 Å². The van der Waals surface area contributed by atoms with Gasteiger partial charge >= 0.3 is 0 Å². The first-order valence-electron chi connectivity index (χ1n) is 10.4. The van der Waals surface area contributed by atoms with Crippen molar-refractivity contribution in [3.63, 3.8) is 0 Å². The number of methoxy groups -OCH3 is 1. The van der Waals surface area contributed by atoms with Gasteiger partial charge in [0.25, 0.3) is 5.91 Å². The fourth-order valence-corrected chi connectivity index (χ4v) is 3.67. The van der Waals surface area contributed by atoms with E-state index in [0.717, 1.165) is 5.69 Å². The second kappa shape index (κ2) is 11.5. The predicted molar refractivity (Wildman–Crippen MR) is 134 cm³/mol. The van der Waals surface area contributed by atoms with Crippen LogP contribution in [0.5, 0.6) is 5.75 Å². The number of ether oxygens (including phenoxy) is 2. The van der Waals surface area contributed by atoms with Crippen molar-refractivity contribution < 1.29 is 18.7 Å². The van der Waals surface area contributed by atoms with E-state index >= 15 is 4.39 Å². The van der Waals surface area contributed by atoms with Gasteiger partial charge in [-0.25, -0.2) is 4.39 Å². The number of para-hydroxylation sites is 1. The molecule has 1 amide bonds. The molecule has 0 aliphatic carbocycles. The van der Waals surface area contributed by atoms with Crippen LogP contribution in [0.25, 0.3) is 0 Å². The molecular formula is C25H28ClFN4O3. The summed E-state index contributed by atoms with van der Waals surface area (Å²) in [5.74, 6) is -1.29. The normalized spacial score (nSPS) is 12.2. The van der Waals surface area contributed by atoms with Crippen LogP contribution in [0.3, 0.4) is 0 Å². The summed E-state index contributed by atoms with van der Waals surface area (Å²) in [6, 6.07) is 18.7. The highest BCUT2D eigenvalue weighted by Gasteiger charge is 2.42. The van der Waals surface area contributed by atoms with Gasteiger partial charge in [0.2, 0.25) is 0 Å². The Morgan fingerprint density at radius 2 is 1.79 bits per heavy atom. The molecule has 9 heteroatoms. The molecule has 0 heterocycles. The number of carbonyl (C=O) groups excluding carboxylic acids is 1. The van der Waals surface area contributed by atoms with Crippen LogP contribution in [0.15, 0.2) is 66.7 Å². The number of amides is 1. The van der Waals surface area contributed by atoms with Gasteiger partial charge in [-0.15, -0.1) is 12.4 Å². The number of rotatable bonds is 10. The van der Waals surface area contributed by atoms with Crippen molar-refractivity contribution in [1.82, 2.24) is 0 Å². The van der Waals surface area contributed by atoms with Gasteiger partial charge in [-0.2, -0.15) is 0 Å². The Morgan fingerprint density at radius 1 is 1.09 bits per heavy atom. The molecule has 0 spiro atoms. The molecule has 0 aliphatic heterocycles. The van der Waals surface area contributed by atoms with Gasteiger partial charge in [-0.3, -0.25) is 10.2 Å². The zero-order valence-electron chi connectivity index (χ0n) is 18.9. The maximum absolute atomic E-state index is 15.1. The van der Waals surface area contributed by atoms with Crippen LogP contribution in [0.4, 0.5) is 15.8 Å². The second-order valence-corrected chi connectivity index (χ2v) is 7.42. The predicted octanol–water partition coefficient (Wildman–Crippen LogP) is 4.24. The van der Waals surface area contributed by atoms with Crippen LogP contribution in [0, 0.1) is 11.2 Å². The van der Waals surface area contributed by atoms with Gasteiger partial charge < -0.3 is 26.3 Å². The standard InChI is InChI=1S/C25H27FN4O3.ClH/c1-3-33-25(24(29)31,20-12-11-19(32-2)14-21(20)26)15-17-10-9-16(23(27)28)13-22(17)30-18-7-5-4-6-8-18;/h4-14,30H,3,15H2,1-2H3,(H3,27,28)(H2,29,31);1H. The van der Waals surface area contributed by atoms with Gasteiger partial charge in [0.1, 0.15) is 17.4 Å². The van der Waals surface area contributed by atoms with E-state index in [1.54, 1.807) is 31.2 Å². The third-order valence-corrected chi connectivity index (χ3v) is 5.31. The van der Waals surface area contributed by atoms with E-state index in [4.69, 9.17) is 26.4 Å². The average Bonchev–Trinajstić information content (AvgIpc) is 2.80. The number of anilines is 2. The Hall–Kier alpha value is -3.62. The highest BCUT2D eigenvalue weighted by Crippen LogP contribution is 2.36. The van der Waals surface area contributed by atoms with Crippen LogP contribution in [0.2, 0.25) is 0 Å². The Bertz CT molecular complexity index is 1160. The molecule has 3 rings (SSSR count). The van der Waals surface area contributed by atoms with Crippen LogP contribution in [-0.4, -0.2) is 25.5 Å². The molecule has 3 aromatic carbocycles. The summed E-state index contributed by atoms with van der Waals surface area (Å²) in [4.78, 5) is 12.8. The summed E-state index contributed by atoms with van der Waals surface area (Å²) in [5.41, 5.74) is 12.3. The average molecular weight is 487 g/mol. The van der Waals surface area contributed by atoms with Gasteiger partial charge in [0, 0.05) is 41.6 Å². The number of primary amides is 1. The number of hydrogen-bond donors (Lipinski definition) is 4. The Morgan fingerprint density at radius 3 is 2.35 bits per heavy atom. The van der Waals surface area contributed by atoms with Crippen LogP contribution < -0.4 is 21.5 Å². The molecule has 1 unspecified atom stereocenters. The number of hydrogen-bond acceptors (Lipinski definition) is 5. The van der Waals surface area contributed by atoms with Crippen molar-refractivity contribution in [1.29, 1.82) is 5.41 Å². The molecule has 1 atom stereocenters. The number of benzene rings is 3. The SMILES string of the molecule is CCOC(Cc1ccc(C(=N)N)cc1Nc1ccccc1)(C(N)=O)c1ccc(OC)cc1F.Cl. The second-order valence-electron chi connectivity index (χ2n) is 7.42. The molecule has 0 bridgehead atoms. The number of nitrogen functional groups attached to an aromatic ring is 1. The summed E-state index contributed by atoms with van der Waals surface area (Å²) in [6.45, 7) is 1.84. The molecule has 0 fully saturated rings. The molecule has 3 aromatic rings. The lowest BCUT2D eigenvalue weighted by Gasteiger charge is -2.32. The largest absolute Gasteiger partial charge is 0.497 e.